The predicted molar refractivity (Wildman–Crippen MR) is 141 cm³/mol. The van der Waals surface area contributed by atoms with E-state index in [1.807, 2.05) is 106 Å². The Bertz CT molecular complexity index is 1350. The topological polar surface area (TPSA) is 54.5 Å². The van der Waals surface area contributed by atoms with Crippen LogP contribution in [-0.4, -0.2) is 17.6 Å². The van der Waals surface area contributed by atoms with Crippen LogP contribution in [0.1, 0.15) is 43.4 Å². The lowest BCUT2D eigenvalue weighted by molar-refractivity contribution is -0.134. The fourth-order valence-electron chi connectivity index (χ4n) is 7.51. The van der Waals surface area contributed by atoms with Crippen LogP contribution in [0, 0.1) is 29.6 Å². The van der Waals surface area contributed by atoms with Gasteiger partial charge >= 0.3 is 0 Å². The lowest BCUT2D eigenvalue weighted by Gasteiger charge is -2.38. The van der Waals surface area contributed by atoms with Crippen LogP contribution in [0.5, 0.6) is 0 Å². The highest BCUT2D eigenvalue weighted by molar-refractivity contribution is 6.34. The molecule has 1 heterocycles. The van der Waals surface area contributed by atoms with Crippen LogP contribution >= 0.6 is 0 Å². The van der Waals surface area contributed by atoms with E-state index in [1.54, 1.807) is 0 Å². The average molecular weight is 476 g/mol. The number of rotatable bonds is 5. The average Bonchev–Trinajstić information content (AvgIpc) is 3.41. The molecule has 6 rings (SSSR count). The summed E-state index contributed by atoms with van der Waals surface area (Å²) < 4.78 is 0. The van der Waals surface area contributed by atoms with Gasteiger partial charge in [-0.1, -0.05) is 92.7 Å². The maximum Gasteiger partial charge on any atom is 0.239 e. The summed E-state index contributed by atoms with van der Waals surface area (Å²) in [5, 5.41) is 0. The molecule has 0 spiro atoms. The van der Waals surface area contributed by atoms with Gasteiger partial charge in [0.25, 0.3) is 0 Å². The standard InChI is InChI=1S/C32H29NO3/c1-4-31-24(21-15-8-6-9-16-21)25(22-17-10-7-11-18-22)32(5-2,30(31)36)27-26(31)28(34)33(29(27)35)23-19-13-12-14-20(23)3/h6-19,26-27H,4-5H2,1-3H3/t26-,27-,31-,32+/m1/s1. The minimum absolute atomic E-state index is 0.0406. The van der Waals surface area contributed by atoms with Crippen LogP contribution in [-0.2, 0) is 14.4 Å². The second kappa shape index (κ2) is 7.86. The molecule has 2 bridgehead atoms. The van der Waals surface area contributed by atoms with Gasteiger partial charge in [0.2, 0.25) is 11.8 Å². The molecule has 2 aliphatic carbocycles. The van der Waals surface area contributed by atoms with Gasteiger partial charge in [-0.15, -0.1) is 0 Å². The number of anilines is 1. The van der Waals surface area contributed by atoms with E-state index in [1.165, 1.54) is 4.90 Å². The molecule has 2 amide bonds. The maximum absolute atomic E-state index is 14.7. The van der Waals surface area contributed by atoms with Gasteiger partial charge in [0.05, 0.1) is 28.4 Å². The van der Waals surface area contributed by atoms with Crippen LogP contribution in [0.2, 0.25) is 0 Å². The van der Waals surface area contributed by atoms with Gasteiger partial charge in [0, 0.05) is 0 Å². The molecule has 4 nitrogen and oxygen atoms in total. The minimum atomic E-state index is -1.04. The van der Waals surface area contributed by atoms with Crippen LogP contribution in [0.25, 0.3) is 11.1 Å². The monoisotopic (exact) mass is 475 g/mol. The number of hydrogen-bond acceptors (Lipinski definition) is 3. The molecule has 4 atom stereocenters. The number of carbonyl (C=O) groups excluding carboxylic acids is 3. The number of benzene rings is 3. The quantitative estimate of drug-likeness (QED) is 0.419. The van der Waals surface area contributed by atoms with Crippen molar-refractivity contribution in [3.05, 3.63) is 102 Å². The number of ketones is 1. The van der Waals surface area contributed by atoms with Gasteiger partial charge in [-0.3, -0.25) is 14.4 Å². The third kappa shape index (κ3) is 2.52. The molecule has 3 aliphatic rings. The van der Waals surface area contributed by atoms with E-state index < -0.39 is 22.7 Å². The van der Waals surface area contributed by atoms with Crippen molar-refractivity contribution in [2.45, 2.75) is 33.6 Å². The number of para-hydroxylation sites is 1. The smallest absolute Gasteiger partial charge is 0.239 e. The maximum atomic E-state index is 14.7. The number of nitrogens with zero attached hydrogens (tertiary/aromatic N) is 1. The largest absolute Gasteiger partial charge is 0.298 e. The van der Waals surface area contributed by atoms with Gasteiger partial charge < -0.3 is 0 Å². The second-order valence-electron chi connectivity index (χ2n) is 10.2. The third-order valence-corrected chi connectivity index (χ3v) is 8.92. The first-order chi connectivity index (χ1) is 17.4. The number of hydrogen-bond donors (Lipinski definition) is 0. The Morgan fingerprint density at radius 1 is 0.639 bits per heavy atom. The fourth-order valence-corrected chi connectivity index (χ4v) is 7.51. The van der Waals surface area contributed by atoms with E-state index >= 15 is 0 Å². The zero-order chi connectivity index (χ0) is 25.2. The third-order valence-electron chi connectivity index (χ3n) is 8.92. The molecule has 3 aromatic carbocycles. The summed E-state index contributed by atoms with van der Waals surface area (Å²) in [5.74, 6) is -1.86. The Balaban J connectivity index is 1.69. The molecule has 0 radical (unpaired) electrons. The molecule has 0 unspecified atom stereocenters. The Kier molecular flexibility index (Phi) is 4.95. The zero-order valence-electron chi connectivity index (χ0n) is 20.8. The Morgan fingerprint density at radius 2 is 1.06 bits per heavy atom. The van der Waals surface area contributed by atoms with Crippen LogP contribution in [0.4, 0.5) is 5.69 Å². The summed E-state index contributed by atoms with van der Waals surface area (Å²) in [6.07, 6.45) is 0.936. The van der Waals surface area contributed by atoms with E-state index in [0.29, 0.717) is 18.5 Å². The molecule has 0 N–H and O–H groups in total. The highest BCUT2D eigenvalue weighted by Gasteiger charge is 2.80. The van der Waals surface area contributed by atoms with Crippen LogP contribution in [0.3, 0.4) is 0 Å². The van der Waals surface area contributed by atoms with Crippen molar-refractivity contribution in [3.63, 3.8) is 0 Å². The molecule has 1 saturated carbocycles. The molecule has 1 saturated heterocycles. The predicted octanol–water partition coefficient (Wildman–Crippen LogP) is 6.10. The Hall–Kier alpha value is -3.79. The number of allylic oxidation sites excluding steroid dienone is 2. The molecule has 1 aliphatic heterocycles. The van der Waals surface area contributed by atoms with E-state index in [2.05, 4.69) is 0 Å². The first-order valence-corrected chi connectivity index (χ1v) is 12.8. The van der Waals surface area contributed by atoms with Crippen molar-refractivity contribution in [1.82, 2.24) is 0 Å². The highest BCUT2D eigenvalue weighted by Crippen LogP contribution is 2.75. The van der Waals surface area contributed by atoms with Crippen molar-refractivity contribution in [2.75, 3.05) is 4.90 Å². The van der Waals surface area contributed by atoms with Crippen molar-refractivity contribution in [1.29, 1.82) is 0 Å². The van der Waals surface area contributed by atoms with Gasteiger partial charge in [-0.25, -0.2) is 4.90 Å². The van der Waals surface area contributed by atoms with Crippen molar-refractivity contribution < 1.29 is 14.4 Å². The normalized spacial score (nSPS) is 28.9. The van der Waals surface area contributed by atoms with Crippen LogP contribution in [0.15, 0.2) is 84.9 Å². The molecule has 2 fully saturated rings. The van der Waals surface area contributed by atoms with E-state index in [9.17, 15) is 14.4 Å². The molecule has 3 aromatic rings. The zero-order valence-corrected chi connectivity index (χ0v) is 20.8. The van der Waals surface area contributed by atoms with E-state index in [-0.39, 0.29) is 17.6 Å². The molecule has 180 valence electrons. The van der Waals surface area contributed by atoms with Crippen molar-refractivity contribution in [3.8, 4) is 0 Å². The summed E-state index contributed by atoms with van der Waals surface area (Å²) in [6.45, 7) is 5.90. The highest BCUT2D eigenvalue weighted by atomic mass is 16.2. The molecule has 4 heteroatoms. The van der Waals surface area contributed by atoms with Crippen LogP contribution < -0.4 is 4.90 Å². The number of amides is 2. The van der Waals surface area contributed by atoms with Crippen molar-refractivity contribution in [2.24, 2.45) is 22.7 Å². The van der Waals surface area contributed by atoms with Gasteiger partial charge in [-0.2, -0.15) is 0 Å². The summed E-state index contributed by atoms with van der Waals surface area (Å²) in [4.78, 5) is 44.6. The first-order valence-electron chi connectivity index (χ1n) is 12.8. The lowest BCUT2D eigenvalue weighted by atomic mass is 9.60. The summed E-state index contributed by atoms with van der Waals surface area (Å²) in [5.41, 5.74) is 3.16. The van der Waals surface area contributed by atoms with Gasteiger partial charge in [0.15, 0.2) is 5.78 Å². The number of Topliss-reactive ketones (excluding diaryl/α,β-unsaturated/α-hetero) is 1. The first kappa shape index (κ1) is 22.7. The number of fused-ring (bicyclic) bond motifs is 5. The minimum Gasteiger partial charge on any atom is -0.298 e. The molecule has 0 aromatic heterocycles. The second-order valence-corrected chi connectivity index (χ2v) is 10.2. The number of carbonyl (C=O) groups is 3. The lowest BCUT2D eigenvalue weighted by Crippen LogP contribution is -2.42. The molecular formula is C32H29NO3. The van der Waals surface area contributed by atoms with E-state index in [0.717, 1.165) is 27.8 Å². The van der Waals surface area contributed by atoms with E-state index in [4.69, 9.17) is 0 Å². The molecule has 36 heavy (non-hydrogen) atoms. The summed E-state index contributed by atoms with van der Waals surface area (Å²) in [7, 11) is 0. The number of imide groups is 1. The fraction of sp³-hybridized carbons (Fsp3) is 0.281. The van der Waals surface area contributed by atoms with Gasteiger partial charge in [-0.05, 0) is 53.7 Å². The Morgan fingerprint density at radius 3 is 1.47 bits per heavy atom. The SMILES string of the molecule is CC[C@]12C(=O)[C@](CC)(C(c3ccccc3)=C1c1ccccc1)[C@H]1C(=O)N(c3ccccc3C)C(=O)[C@@H]12. The Labute approximate surface area is 211 Å². The van der Waals surface area contributed by atoms with Gasteiger partial charge in [0.1, 0.15) is 0 Å². The number of aryl methyl sites for hydroxylation is 1. The van der Waals surface area contributed by atoms with Crippen molar-refractivity contribution >= 4 is 34.4 Å². The summed E-state index contributed by atoms with van der Waals surface area (Å²) in [6, 6.07) is 27.4. The molecular weight excluding hydrogens is 446 g/mol. The summed E-state index contributed by atoms with van der Waals surface area (Å²) >= 11 is 0.